The molecule has 3 N–H and O–H groups in total. The Bertz CT molecular complexity index is 222. The Morgan fingerprint density at radius 1 is 1.31 bits per heavy atom. The van der Waals surface area contributed by atoms with Crippen LogP contribution >= 0.6 is 0 Å². The minimum absolute atomic E-state index is 0.170. The summed E-state index contributed by atoms with van der Waals surface area (Å²) in [5.74, 6) is 1.02. The summed E-state index contributed by atoms with van der Waals surface area (Å²) in [5, 5.41) is 20.6. The molecule has 0 aromatic rings. The molecule has 1 atom stereocenters. The van der Waals surface area contributed by atoms with Gasteiger partial charge in [0, 0.05) is 6.04 Å². The Kier molecular flexibility index (Phi) is 5.22. The highest BCUT2D eigenvalue weighted by Crippen LogP contribution is 2.29. The first kappa shape index (κ1) is 13.5. The van der Waals surface area contributed by atoms with Gasteiger partial charge >= 0.3 is 0 Å². The average Bonchev–Trinajstić information content (AvgIpc) is 2.28. The van der Waals surface area contributed by atoms with Gasteiger partial charge in [0.15, 0.2) is 6.10 Å². The molecule has 94 valence electrons. The number of nitrogens with one attached hydrogen (secondary N) is 1. The van der Waals surface area contributed by atoms with E-state index in [2.05, 4.69) is 19.2 Å². The zero-order valence-electron chi connectivity index (χ0n) is 10.1. The summed E-state index contributed by atoms with van der Waals surface area (Å²) in [6.07, 6.45) is 2.96. The molecule has 0 radical (unpaired) electrons. The van der Waals surface area contributed by atoms with E-state index >= 15 is 0 Å². The van der Waals surface area contributed by atoms with E-state index in [1.54, 1.807) is 0 Å². The summed E-state index contributed by atoms with van der Waals surface area (Å²) in [4.78, 5) is 11.3. The maximum Gasteiger partial charge on any atom is 0.251 e. The van der Waals surface area contributed by atoms with Crippen molar-refractivity contribution in [2.24, 2.45) is 11.8 Å². The molecule has 16 heavy (non-hydrogen) atoms. The van der Waals surface area contributed by atoms with Gasteiger partial charge in [0.25, 0.3) is 5.91 Å². The van der Waals surface area contributed by atoms with Crippen LogP contribution in [0.4, 0.5) is 0 Å². The lowest BCUT2D eigenvalue weighted by Gasteiger charge is -2.31. The van der Waals surface area contributed by atoms with E-state index in [1.165, 1.54) is 0 Å². The third kappa shape index (κ3) is 3.76. The lowest BCUT2D eigenvalue weighted by Crippen LogP contribution is -2.44. The van der Waals surface area contributed by atoms with Crippen LogP contribution in [0.15, 0.2) is 0 Å². The van der Waals surface area contributed by atoms with Gasteiger partial charge in [-0.1, -0.05) is 13.8 Å². The van der Waals surface area contributed by atoms with Gasteiger partial charge in [0.1, 0.15) is 0 Å². The zero-order valence-corrected chi connectivity index (χ0v) is 10.1. The lowest BCUT2D eigenvalue weighted by molar-refractivity contribution is -0.132. The van der Waals surface area contributed by atoms with Crippen LogP contribution < -0.4 is 5.32 Å². The van der Waals surface area contributed by atoms with Crippen molar-refractivity contribution < 1.29 is 15.0 Å². The average molecular weight is 229 g/mol. The second kappa shape index (κ2) is 6.21. The molecule has 0 heterocycles. The van der Waals surface area contributed by atoms with Crippen LogP contribution in [0.1, 0.15) is 39.5 Å². The van der Waals surface area contributed by atoms with Crippen LogP contribution in [0.25, 0.3) is 0 Å². The number of hydrogen-bond acceptors (Lipinski definition) is 3. The SMILES string of the molecule is CC(C)C1CCC(NC(=O)C(O)CO)CC1. The second-order valence-electron chi connectivity index (χ2n) is 5.06. The normalized spacial score (nSPS) is 27.8. The van der Waals surface area contributed by atoms with Crippen molar-refractivity contribution in [3.63, 3.8) is 0 Å². The van der Waals surface area contributed by atoms with Crippen molar-refractivity contribution >= 4 is 5.91 Å². The highest BCUT2D eigenvalue weighted by molar-refractivity contribution is 5.80. The molecule has 0 aromatic heterocycles. The van der Waals surface area contributed by atoms with Gasteiger partial charge in [0.05, 0.1) is 6.61 Å². The monoisotopic (exact) mass is 229 g/mol. The minimum atomic E-state index is -1.28. The molecular formula is C12H23NO3. The molecule has 4 nitrogen and oxygen atoms in total. The molecule has 1 saturated carbocycles. The Labute approximate surface area is 97.0 Å². The number of amides is 1. The molecule has 1 aliphatic carbocycles. The predicted molar refractivity (Wildman–Crippen MR) is 61.8 cm³/mol. The Balaban J connectivity index is 2.29. The molecule has 1 amide bonds. The number of hydrogen-bond donors (Lipinski definition) is 3. The summed E-state index contributed by atoms with van der Waals surface area (Å²) in [5.41, 5.74) is 0. The molecule has 1 rings (SSSR count). The quantitative estimate of drug-likeness (QED) is 0.663. The molecule has 0 aliphatic heterocycles. The summed E-state index contributed by atoms with van der Waals surface area (Å²) >= 11 is 0. The van der Waals surface area contributed by atoms with Crippen molar-refractivity contribution in [2.45, 2.75) is 51.7 Å². The first-order valence-corrected chi connectivity index (χ1v) is 6.14. The molecule has 0 aromatic carbocycles. The van der Waals surface area contributed by atoms with Crippen molar-refractivity contribution in [3.8, 4) is 0 Å². The molecule has 0 saturated heterocycles. The summed E-state index contributed by atoms with van der Waals surface area (Å²) in [7, 11) is 0. The van der Waals surface area contributed by atoms with E-state index in [0.717, 1.165) is 31.6 Å². The third-order valence-corrected chi connectivity index (χ3v) is 3.54. The molecule has 1 unspecified atom stereocenters. The first-order valence-electron chi connectivity index (χ1n) is 6.14. The second-order valence-corrected chi connectivity index (χ2v) is 5.06. The van der Waals surface area contributed by atoms with Crippen LogP contribution in [-0.2, 0) is 4.79 Å². The Morgan fingerprint density at radius 3 is 2.31 bits per heavy atom. The number of rotatable bonds is 4. The van der Waals surface area contributed by atoms with Gasteiger partial charge in [-0.05, 0) is 37.5 Å². The summed E-state index contributed by atoms with van der Waals surface area (Å²) < 4.78 is 0. The van der Waals surface area contributed by atoms with Crippen molar-refractivity contribution in [1.29, 1.82) is 0 Å². The summed E-state index contributed by atoms with van der Waals surface area (Å²) in [6, 6.07) is 0.170. The largest absolute Gasteiger partial charge is 0.393 e. The fourth-order valence-corrected chi connectivity index (χ4v) is 2.31. The number of carbonyl (C=O) groups excluding carboxylic acids is 1. The molecule has 1 aliphatic rings. The van der Waals surface area contributed by atoms with E-state index in [1.807, 2.05) is 0 Å². The highest BCUT2D eigenvalue weighted by atomic mass is 16.3. The molecule has 0 bridgehead atoms. The smallest absolute Gasteiger partial charge is 0.251 e. The van der Waals surface area contributed by atoms with Crippen molar-refractivity contribution in [2.75, 3.05) is 6.61 Å². The van der Waals surface area contributed by atoms with E-state index < -0.39 is 18.6 Å². The maximum atomic E-state index is 11.3. The van der Waals surface area contributed by atoms with Gasteiger partial charge in [-0.25, -0.2) is 0 Å². The van der Waals surface area contributed by atoms with Gasteiger partial charge in [0.2, 0.25) is 0 Å². The van der Waals surface area contributed by atoms with Crippen LogP contribution in [0.5, 0.6) is 0 Å². The first-order chi connectivity index (χ1) is 7.54. The Morgan fingerprint density at radius 2 is 1.88 bits per heavy atom. The highest BCUT2D eigenvalue weighted by Gasteiger charge is 2.25. The number of aliphatic hydroxyl groups is 2. The molecule has 1 fully saturated rings. The van der Waals surface area contributed by atoms with E-state index in [4.69, 9.17) is 10.2 Å². The fraction of sp³-hybridized carbons (Fsp3) is 0.917. The Hall–Kier alpha value is -0.610. The summed E-state index contributed by atoms with van der Waals surface area (Å²) in [6.45, 7) is 3.96. The van der Waals surface area contributed by atoms with E-state index in [-0.39, 0.29) is 6.04 Å². The standard InChI is InChI=1S/C12H23NO3/c1-8(2)9-3-5-10(6-4-9)13-12(16)11(15)7-14/h8-11,14-15H,3-7H2,1-2H3,(H,13,16). The lowest BCUT2D eigenvalue weighted by atomic mass is 9.79. The van der Waals surface area contributed by atoms with Crippen molar-refractivity contribution in [3.05, 3.63) is 0 Å². The third-order valence-electron chi connectivity index (χ3n) is 3.54. The molecule has 4 heteroatoms. The van der Waals surface area contributed by atoms with Gasteiger partial charge in [-0.15, -0.1) is 0 Å². The number of carbonyl (C=O) groups is 1. The van der Waals surface area contributed by atoms with Gasteiger partial charge in [-0.2, -0.15) is 0 Å². The maximum absolute atomic E-state index is 11.3. The van der Waals surface area contributed by atoms with E-state index in [9.17, 15) is 4.79 Å². The minimum Gasteiger partial charge on any atom is -0.393 e. The zero-order chi connectivity index (χ0) is 12.1. The van der Waals surface area contributed by atoms with Crippen LogP contribution in [0.3, 0.4) is 0 Å². The number of aliphatic hydroxyl groups excluding tert-OH is 2. The van der Waals surface area contributed by atoms with E-state index in [0.29, 0.717) is 5.92 Å². The predicted octanol–water partition coefficient (Wildman–Crippen LogP) is 0.671. The van der Waals surface area contributed by atoms with Crippen molar-refractivity contribution in [1.82, 2.24) is 5.32 Å². The topological polar surface area (TPSA) is 69.6 Å². The van der Waals surface area contributed by atoms with Gasteiger partial charge < -0.3 is 15.5 Å². The van der Waals surface area contributed by atoms with Crippen LogP contribution in [0, 0.1) is 11.8 Å². The molecule has 0 spiro atoms. The van der Waals surface area contributed by atoms with Crippen LogP contribution in [0.2, 0.25) is 0 Å². The van der Waals surface area contributed by atoms with Gasteiger partial charge in [-0.3, -0.25) is 4.79 Å². The fourth-order valence-electron chi connectivity index (χ4n) is 2.31. The molecular weight excluding hydrogens is 206 g/mol. The van der Waals surface area contributed by atoms with Crippen LogP contribution in [-0.4, -0.2) is 34.9 Å².